The van der Waals surface area contributed by atoms with Gasteiger partial charge in [-0.3, -0.25) is 14.6 Å². The topological polar surface area (TPSA) is 193 Å². The number of alkyl halides is 6. The Labute approximate surface area is 430 Å². The molecule has 2 fully saturated rings. The third-order valence-corrected chi connectivity index (χ3v) is 13.9. The molecule has 0 aliphatic heterocycles. The van der Waals surface area contributed by atoms with Gasteiger partial charge in [-0.05, 0) is 127 Å². The summed E-state index contributed by atoms with van der Waals surface area (Å²) in [6.45, 7) is 1.30. The van der Waals surface area contributed by atoms with Gasteiger partial charge in [0.05, 0.1) is 35.8 Å². The van der Waals surface area contributed by atoms with Crippen LogP contribution in [-0.2, 0) is 23.6 Å². The quantitative estimate of drug-likeness (QED) is 0.0487. The number of aromatic nitrogens is 6. The number of nitrogens with one attached hydrogen (secondary N) is 3. The smallest absolute Gasteiger partial charge is 0.366 e. The van der Waals surface area contributed by atoms with E-state index in [0.29, 0.717) is 62.8 Å². The number of benzene rings is 4. The molecule has 2 saturated carbocycles. The zero-order chi connectivity index (χ0) is 52.4. The fourth-order valence-corrected chi connectivity index (χ4v) is 9.52. The number of thiazole rings is 1. The van der Waals surface area contributed by atoms with Gasteiger partial charge in [0.2, 0.25) is 0 Å². The lowest BCUT2D eigenvalue weighted by Crippen LogP contribution is -2.25. The summed E-state index contributed by atoms with van der Waals surface area (Å²) in [6, 6.07) is 32.4. The number of amides is 2. The van der Waals surface area contributed by atoms with Crippen LogP contribution in [0.2, 0.25) is 0 Å². The summed E-state index contributed by atoms with van der Waals surface area (Å²) in [4.78, 5) is 37.6. The van der Waals surface area contributed by atoms with Crippen LogP contribution < -0.4 is 27.4 Å². The maximum absolute atomic E-state index is 14.3. The maximum atomic E-state index is 14.3. The number of ether oxygens (including phenoxy) is 1. The van der Waals surface area contributed by atoms with Crippen LogP contribution in [0.15, 0.2) is 140 Å². The van der Waals surface area contributed by atoms with Gasteiger partial charge in [0.25, 0.3) is 11.8 Å². The number of carbonyl (C=O) groups excluding carboxylic acids is 2. The van der Waals surface area contributed by atoms with Crippen molar-refractivity contribution in [2.45, 2.75) is 62.8 Å². The SMILES string of the molecule is NCc1cccc(-n2nc(C(F)(F)F)cc2C(=O)Nc2cccc(C(OCC3CC3)c3ncc(C(N)c4cccc(-n5nc(C(F)(F)F)cc5C(=O)Nc5cccc(C(NCC6CC6)c6ccccn6)c5)c4)s3)c2)c1. The molecule has 75 heavy (non-hydrogen) atoms. The van der Waals surface area contributed by atoms with E-state index >= 15 is 0 Å². The van der Waals surface area contributed by atoms with Gasteiger partial charge in [-0.1, -0.05) is 54.6 Å². The Bertz CT molecular complexity index is 3330. The average Bonchev–Trinajstić information content (AvgIpc) is 4.24. The predicted octanol–water partition coefficient (Wildman–Crippen LogP) is 10.6. The van der Waals surface area contributed by atoms with Gasteiger partial charge in [0.15, 0.2) is 11.4 Å². The minimum Gasteiger partial charge on any atom is -0.366 e. The van der Waals surface area contributed by atoms with Crippen LogP contribution in [0, 0.1) is 11.8 Å². The van der Waals surface area contributed by atoms with Crippen molar-refractivity contribution in [2.75, 3.05) is 23.8 Å². The molecule has 2 aliphatic carbocycles. The average molecular weight is 1050 g/mol. The van der Waals surface area contributed by atoms with E-state index in [1.165, 1.54) is 23.5 Å². The van der Waals surface area contributed by atoms with E-state index in [2.05, 4.69) is 31.1 Å². The van der Waals surface area contributed by atoms with Crippen molar-refractivity contribution < 1.29 is 40.7 Å². The fraction of sp³-hybridized carbons (Fsp3) is 0.259. The Morgan fingerprint density at radius 2 is 1.27 bits per heavy atom. The van der Waals surface area contributed by atoms with Crippen molar-refractivity contribution in [3.63, 3.8) is 0 Å². The number of halogens is 6. The van der Waals surface area contributed by atoms with Gasteiger partial charge in [-0.2, -0.15) is 36.5 Å². The number of carbonyl (C=O) groups is 2. The van der Waals surface area contributed by atoms with Crippen molar-refractivity contribution >= 4 is 34.5 Å². The van der Waals surface area contributed by atoms with E-state index in [9.17, 15) is 35.9 Å². The molecule has 0 spiro atoms. The highest BCUT2D eigenvalue weighted by Gasteiger charge is 2.38. The second-order valence-electron chi connectivity index (χ2n) is 18.6. The molecule has 386 valence electrons. The molecule has 4 aromatic heterocycles. The van der Waals surface area contributed by atoms with Gasteiger partial charge in [-0.15, -0.1) is 11.3 Å². The molecule has 4 aromatic carbocycles. The van der Waals surface area contributed by atoms with E-state index in [4.69, 9.17) is 21.2 Å². The highest BCUT2D eigenvalue weighted by Crippen LogP contribution is 2.39. The number of hydrogen-bond donors (Lipinski definition) is 5. The Morgan fingerprint density at radius 3 is 1.87 bits per heavy atom. The van der Waals surface area contributed by atoms with Crippen molar-refractivity contribution in [2.24, 2.45) is 23.3 Å². The molecule has 10 rings (SSSR count). The molecule has 0 radical (unpaired) electrons. The first-order chi connectivity index (χ1) is 36.1. The van der Waals surface area contributed by atoms with Crippen LogP contribution in [0.1, 0.15) is 114 Å². The molecular weight excluding hydrogens is 997 g/mol. The lowest BCUT2D eigenvalue weighted by atomic mass is 10.0. The van der Waals surface area contributed by atoms with Crippen LogP contribution in [0.3, 0.4) is 0 Å². The van der Waals surface area contributed by atoms with Crippen molar-refractivity contribution in [3.8, 4) is 11.4 Å². The summed E-state index contributed by atoms with van der Waals surface area (Å²) >= 11 is 1.24. The Balaban J connectivity index is 0.892. The lowest BCUT2D eigenvalue weighted by Gasteiger charge is -2.20. The molecule has 0 bridgehead atoms. The lowest BCUT2D eigenvalue weighted by molar-refractivity contribution is -0.142. The van der Waals surface area contributed by atoms with Crippen molar-refractivity contribution in [3.05, 3.63) is 200 Å². The van der Waals surface area contributed by atoms with Gasteiger partial charge in [0.1, 0.15) is 22.5 Å². The molecule has 0 saturated heterocycles. The normalized spacial score (nSPS) is 15.1. The largest absolute Gasteiger partial charge is 0.435 e. The summed E-state index contributed by atoms with van der Waals surface area (Å²) in [5, 5.41) is 17.2. The summed E-state index contributed by atoms with van der Waals surface area (Å²) in [5.41, 5.74) is 13.7. The molecule has 3 atom stereocenters. The van der Waals surface area contributed by atoms with Gasteiger partial charge in [-0.25, -0.2) is 14.3 Å². The number of rotatable bonds is 19. The first-order valence-electron chi connectivity index (χ1n) is 24.1. The van der Waals surface area contributed by atoms with Crippen LogP contribution in [0.4, 0.5) is 37.7 Å². The molecule has 3 unspecified atom stereocenters. The summed E-state index contributed by atoms with van der Waals surface area (Å²) in [6.07, 6.45) is -2.93. The number of nitrogens with two attached hydrogens (primary N) is 2. The zero-order valence-electron chi connectivity index (χ0n) is 39.9. The fourth-order valence-electron chi connectivity index (χ4n) is 8.49. The van der Waals surface area contributed by atoms with Gasteiger partial charge < -0.3 is 32.2 Å². The summed E-state index contributed by atoms with van der Waals surface area (Å²) in [7, 11) is 0. The zero-order valence-corrected chi connectivity index (χ0v) is 40.7. The van der Waals surface area contributed by atoms with Crippen LogP contribution in [0.25, 0.3) is 11.4 Å². The van der Waals surface area contributed by atoms with E-state index < -0.39 is 47.7 Å². The molecule has 14 nitrogen and oxygen atoms in total. The molecule has 4 heterocycles. The molecule has 2 amide bonds. The predicted molar refractivity (Wildman–Crippen MR) is 269 cm³/mol. The highest BCUT2D eigenvalue weighted by molar-refractivity contribution is 7.11. The molecule has 7 N–H and O–H groups in total. The van der Waals surface area contributed by atoms with Crippen molar-refractivity contribution in [1.82, 2.24) is 34.8 Å². The maximum Gasteiger partial charge on any atom is 0.435 e. The van der Waals surface area contributed by atoms with E-state index in [1.807, 2.05) is 24.3 Å². The standard InChI is InChI=1S/C54H49F6N11O3S/c55-53(56,57)45-25-42(70(68-45)39-13-3-7-33(21-39)27-61)50(72)67-38-12-5-10-36(23-38)49(74-30-32-18-19-32)52-65-29-44(75-52)47(62)34-8-6-14-40(24-34)71-43(26-46(69-71)54(58,59)60)51(73)66-37-11-4-9-35(22-37)48(64-28-31-16-17-31)41-15-1-2-20-63-41/h1-15,20-26,29,31-32,47-49,64H,16-19,27-28,30,61-62H2,(H,66,73)(H,67,72). The van der Waals surface area contributed by atoms with E-state index in [1.54, 1.807) is 91.3 Å². The van der Waals surface area contributed by atoms with Crippen molar-refractivity contribution in [1.29, 1.82) is 0 Å². The van der Waals surface area contributed by atoms with Crippen LogP contribution in [0.5, 0.6) is 0 Å². The first-order valence-corrected chi connectivity index (χ1v) is 24.9. The summed E-state index contributed by atoms with van der Waals surface area (Å²) < 4.78 is 93.1. The Morgan fingerprint density at radius 1 is 0.680 bits per heavy atom. The van der Waals surface area contributed by atoms with Gasteiger partial charge in [0, 0.05) is 47.3 Å². The minimum atomic E-state index is -4.87. The second kappa shape index (κ2) is 21.4. The number of nitrogens with zero attached hydrogens (tertiary/aromatic N) is 6. The third-order valence-electron chi connectivity index (χ3n) is 12.8. The minimum absolute atomic E-state index is 0.119. The second-order valence-corrected chi connectivity index (χ2v) is 19.6. The van der Waals surface area contributed by atoms with E-state index in [-0.39, 0.29) is 41.0 Å². The Kier molecular flexibility index (Phi) is 14.5. The van der Waals surface area contributed by atoms with Gasteiger partial charge >= 0.3 is 12.4 Å². The van der Waals surface area contributed by atoms with E-state index in [0.717, 1.165) is 52.8 Å². The first kappa shape index (κ1) is 50.9. The van der Waals surface area contributed by atoms with Crippen LogP contribution >= 0.6 is 11.3 Å². The van der Waals surface area contributed by atoms with Crippen LogP contribution in [-0.4, -0.2) is 54.5 Å². The molecular formula is C54H49F6N11O3S. The third kappa shape index (κ3) is 12.0. The number of hydrogen-bond acceptors (Lipinski definition) is 11. The Hall–Kier alpha value is -7.56. The molecule has 21 heteroatoms. The number of anilines is 2. The molecule has 8 aromatic rings. The highest BCUT2D eigenvalue weighted by atomic mass is 32.1. The monoisotopic (exact) mass is 1050 g/mol. The number of pyridine rings is 1. The summed E-state index contributed by atoms with van der Waals surface area (Å²) in [5.74, 6) is -0.768. The molecule has 2 aliphatic rings.